The molecule has 0 aromatic carbocycles. The Morgan fingerprint density at radius 1 is 1.35 bits per heavy atom. The zero-order valence-corrected chi connectivity index (χ0v) is 11.7. The van der Waals surface area contributed by atoms with Crippen LogP contribution in [0.5, 0.6) is 0 Å². The van der Waals surface area contributed by atoms with Gasteiger partial charge in [-0.25, -0.2) is 0 Å². The van der Waals surface area contributed by atoms with E-state index in [1.54, 1.807) is 0 Å². The maximum absolute atomic E-state index is 12.3. The Hall–Kier alpha value is -0.460. The van der Waals surface area contributed by atoms with Gasteiger partial charge in [0.1, 0.15) is 5.78 Å². The van der Waals surface area contributed by atoms with Gasteiger partial charge >= 0.3 is 0 Å². The van der Waals surface area contributed by atoms with Crippen molar-refractivity contribution in [1.29, 1.82) is 0 Å². The van der Waals surface area contributed by atoms with Gasteiger partial charge in [-0.15, -0.1) is 0 Å². The van der Waals surface area contributed by atoms with Crippen molar-refractivity contribution < 1.29 is 13.2 Å². The molecule has 0 saturated carbocycles. The molecule has 6 heteroatoms. The van der Waals surface area contributed by atoms with Crippen molar-refractivity contribution in [2.24, 2.45) is 0 Å². The molecule has 0 radical (unpaired) electrons. The Kier molecular flexibility index (Phi) is 5.09. The van der Waals surface area contributed by atoms with E-state index in [4.69, 9.17) is 0 Å². The number of rotatable bonds is 6. The second-order valence-electron chi connectivity index (χ2n) is 4.40. The van der Waals surface area contributed by atoms with Crippen LogP contribution in [0.4, 0.5) is 0 Å². The molecule has 17 heavy (non-hydrogen) atoms. The summed E-state index contributed by atoms with van der Waals surface area (Å²) < 4.78 is 27.6. The number of carbonyl (C=O) groups is 1. The summed E-state index contributed by atoms with van der Waals surface area (Å²) in [4.78, 5) is 11.1. The van der Waals surface area contributed by atoms with Crippen molar-refractivity contribution in [2.75, 3.05) is 19.6 Å². The highest BCUT2D eigenvalue weighted by Crippen LogP contribution is 2.25. The molecule has 1 aliphatic rings. The third-order valence-electron chi connectivity index (χ3n) is 3.17. The maximum Gasteiger partial charge on any atom is 0.282 e. The zero-order valence-electron chi connectivity index (χ0n) is 10.8. The van der Waals surface area contributed by atoms with E-state index in [1.807, 2.05) is 13.8 Å². The van der Waals surface area contributed by atoms with Gasteiger partial charge in [-0.3, -0.25) is 4.79 Å². The first-order valence-corrected chi connectivity index (χ1v) is 7.59. The van der Waals surface area contributed by atoms with Crippen LogP contribution in [0.25, 0.3) is 0 Å². The smallest absolute Gasteiger partial charge is 0.282 e. The van der Waals surface area contributed by atoms with E-state index < -0.39 is 10.2 Å². The lowest BCUT2D eigenvalue weighted by atomic mass is 10.1. The molecule has 1 rings (SSSR count). The fourth-order valence-electron chi connectivity index (χ4n) is 2.35. The Morgan fingerprint density at radius 3 is 2.41 bits per heavy atom. The summed E-state index contributed by atoms with van der Waals surface area (Å²) in [5, 5.41) is 0. The van der Waals surface area contributed by atoms with Gasteiger partial charge < -0.3 is 0 Å². The third kappa shape index (κ3) is 3.26. The van der Waals surface area contributed by atoms with Crippen LogP contribution in [0, 0.1) is 0 Å². The predicted molar refractivity (Wildman–Crippen MR) is 66.9 cm³/mol. The highest BCUT2D eigenvalue weighted by atomic mass is 32.2. The van der Waals surface area contributed by atoms with Crippen molar-refractivity contribution in [2.45, 2.75) is 46.1 Å². The molecule has 1 fully saturated rings. The second-order valence-corrected chi connectivity index (χ2v) is 6.29. The van der Waals surface area contributed by atoms with Crippen LogP contribution in [-0.4, -0.2) is 48.5 Å². The summed E-state index contributed by atoms with van der Waals surface area (Å²) in [6, 6.07) is -0.141. The summed E-state index contributed by atoms with van der Waals surface area (Å²) in [5.41, 5.74) is 0. The van der Waals surface area contributed by atoms with E-state index in [2.05, 4.69) is 0 Å². The molecule has 0 aliphatic carbocycles. The van der Waals surface area contributed by atoms with Crippen LogP contribution in [0.15, 0.2) is 0 Å². The lowest BCUT2D eigenvalue weighted by molar-refractivity contribution is -0.117. The third-order valence-corrected chi connectivity index (χ3v) is 5.42. The Labute approximate surface area is 104 Å². The summed E-state index contributed by atoms with van der Waals surface area (Å²) >= 11 is 0. The molecular weight excluding hydrogens is 240 g/mol. The molecule has 0 bridgehead atoms. The number of hydrogen-bond donors (Lipinski definition) is 0. The van der Waals surface area contributed by atoms with Crippen molar-refractivity contribution in [3.8, 4) is 0 Å². The van der Waals surface area contributed by atoms with Gasteiger partial charge in [-0.2, -0.15) is 17.0 Å². The van der Waals surface area contributed by atoms with Crippen LogP contribution in [0.3, 0.4) is 0 Å². The van der Waals surface area contributed by atoms with Crippen molar-refractivity contribution >= 4 is 16.0 Å². The maximum atomic E-state index is 12.3. The Balaban J connectivity index is 2.86. The number of nitrogens with zero attached hydrogens (tertiary/aromatic N) is 2. The molecule has 1 saturated heterocycles. The van der Waals surface area contributed by atoms with E-state index in [-0.39, 0.29) is 11.8 Å². The van der Waals surface area contributed by atoms with E-state index in [1.165, 1.54) is 15.5 Å². The number of hydrogen-bond acceptors (Lipinski definition) is 3. The topological polar surface area (TPSA) is 57.7 Å². The quantitative estimate of drug-likeness (QED) is 0.718. The van der Waals surface area contributed by atoms with Gasteiger partial charge in [-0.05, 0) is 19.8 Å². The summed E-state index contributed by atoms with van der Waals surface area (Å²) in [5.74, 6) is 0.0525. The Bertz CT molecular complexity index is 363. The van der Waals surface area contributed by atoms with E-state index in [0.717, 1.165) is 12.8 Å². The molecular formula is C11H22N2O3S. The van der Waals surface area contributed by atoms with Crippen molar-refractivity contribution in [3.05, 3.63) is 0 Å². The molecule has 5 nitrogen and oxygen atoms in total. The lowest BCUT2D eigenvalue weighted by Crippen LogP contribution is -2.46. The van der Waals surface area contributed by atoms with E-state index in [9.17, 15) is 13.2 Å². The van der Waals surface area contributed by atoms with Gasteiger partial charge in [0.05, 0.1) is 0 Å². The number of ketones is 1. The minimum Gasteiger partial charge on any atom is -0.300 e. The monoisotopic (exact) mass is 262 g/mol. The molecule has 1 atom stereocenters. The van der Waals surface area contributed by atoms with Gasteiger partial charge in [0, 0.05) is 32.1 Å². The summed E-state index contributed by atoms with van der Waals surface area (Å²) in [7, 11) is -3.38. The molecule has 0 amide bonds. The fourth-order valence-corrected chi connectivity index (χ4v) is 4.21. The molecule has 0 aromatic heterocycles. The van der Waals surface area contributed by atoms with Gasteiger partial charge in [-0.1, -0.05) is 13.8 Å². The Morgan fingerprint density at radius 2 is 1.94 bits per heavy atom. The van der Waals surface area contributed by atoms with Crippen LogP contribution >= 0.6 is 0 Å². The molecule has 100 valence electrons. The summed E-state index contributed by atoms with van der Waals surface area (Å²) in [6.45, 7) is 6.66. The molecule has 1 unspecified atom stereocenters. The average molecular weight is 262 g/mol. The average Bonchev–Trinajstić information content (AvgIpc) is 2.66. The van der Waals surface area contributed by atoms with Crippen LogP contribution in [0.2, 0.25) is 0 Å². The van der Waals surface area contributed by atoms with Gasteiger partial charge in [0.15, 0.2) is 0 Å². The first-order valence-electron chi connectivity index (χ1n) is 6.19. The first-order chi connectivity index (χ1) is 7.93. The van der Waals surface area contributed by atoms with E-state index >= 15 is 0 Å². The number of carbonyl (C=O) groups excluding carboxylic acids is 1. The minimum atomic E-state index is -3.38. The van der Waals surface area contributed by atoms with Crippen LogP contribution < -0.4 is 0 Å². The SMILES string of the molecule is CCN(CC)S(=O)(=O)N1CCCC1CC(C)=O. The zero-order chi connectivity index (χ0) is 13.1. The predicted octanol–water partition coefficient (Wildman–Crippen LogP) is 1.02. The normalized spacial score (nSPS) is 22.2. The van der Waals surface area contributed by atoms with E-state index in [0.29, 0.717) is 26.1 Å². The number of Topliss-reactive ketones (excluding diaryl/α,β-unsaturated/α-hetero) is 1. The van der Waals surface area contributed by atoms with Crippen molar-refractivity contribution in [1.82, 2.24) is 8.61 Å². The lowest BCUT2D eigenvalue weighted by Gasteiger charge is -2.29. The minimum absolute atomic E-state index is 0.0525. The fraction of sp³-hybridized carbons (Fsp3) is 0.909. The van der Waals surface area contributed by atoms with Crippen LogP contribution in [0.1, 0.15) is 40.0 Å². The molecule has 0 spiro atoms. The van der Waals surface area contributed by atoms with Gasteiger partial charge in [0.2, 0.25) is 0 Å². The summed E-state index contributed by atoms with van der Waals surface area (Å²) in [6.07, 6.45) is 1.97. The van der Waals surface area contributed by atoms with Crippen LogP contribution in [-0.2, 0) is 15.0 Å². The standard InChI is InChI=1S/C11H22N2O3S/c1-4-12(5-2)17(15,16)13-8-6-7-11(13)9-10(3)14/h11H,4-9H2,1-3H3. The molecule has 0 aromatic rings. The highest BCUT2D eigenvalue weighted by Gasteiger charge is 2.37. The molecule has 1 aliphatic heterocycles. The van der Waals surface area contributed by atoms with Gasteiger partial charge in [0.25, 0.3) is 10.2 Å². The second kappa shape index (κ2) is 5.93. The highest BCUT2D eigenvalue weighted by molar-refractivity contribution is 7.86. The largest absolute Gasteiger partial charge is 0.300 e. The van der Waals surface area contributed by atoms with Crippen molar-refractivity contribution in [3.63, 3.8) is 0 Å². The molecule has 1 heterocycles. The molecule has 0 N–H and O–H groups in total. The first kappa shape index (κ1) is 14.6.